The van der Waals surface area contributed by atoms with E-state index in [2.05, 4.69) is 0 Å². The summed E-state index contributed by atoms with van der Waals surface area (Å²) in [5, 5.41) is 2.31. The Balaban J connectivity index is 2.99. The smallest absolute Gasteiger partial charge is 0.212 e. The van der Waals surface area contributed by atoms with Crippen molar-refractivity contribution in [2.45, 2.75) is 12.7 Å². The van der Waals surface area contributed by atoms with Gasteiger partial charge in [-0.25, -0.2) is 8.42 Å². The summed E-state index contributed by atoms with van der Waals surface area (Å²) in [7, 11) is 1.58. The summed E-state index contributed by atoms with van der Waals surface area (Å²) in [6.45, 7) is 1.82. The van der Waals surface area contributed by atoms with Gasteiger partial charge in [-0.3, -0.25) is 0 Å². The third kappa shape index (κ3) is 2.62. The predicted octanol–water partition coefficient (Wildman–Crippen LogP) is 2.78. The van der Waals surface area contributed by atoms with Crippen LogP contribution >= 0.6 is 33.6 Å². The molecular formula is C6H6Cl2O2S2. The highest BCUT2D eigenvalue weighted by Crippen LogP contribution is 2.29. The van der Waals surface area contributed by atoms with Gasteiger partial charge < -0.3 is 0 Å². The van der Waals surface area contributed by atoms with Gasteiger partial charge in [0.2, 0.25) is 9.05 Å². The summed E-state index contributed by atoms with van der Waals surface area (Å²) in [6.07, 6.45) is 0. The lowest BCUT2D eigenvalue weighted by Crippen LogP contribution is -1.92. The molecule has 0 unspecified atom stereocenters. The standard InChI is InChI=1S/C6H6Cl2O2S2/c1-4-2-11-5(6(4)7)3-12(8,9)10/h2H,3H2,1H3. The van der Waals surface area contributed by atoms with Crippen LogP contribution < -0.4 is 0 Å². The molecule has 0 aliphatic heterocycles. The SMILES string of the molecule is Cc1csc(CS(=O)(=O)Cl)c1Cl. The molecule has 0 aromatic carbocycles. The van der Waals surface area contributed by atoms with Gasteiger partial charge >= 0.3 is 0 Å². The van der Waals surface area contributed by atoms with Crippen LogP contribution in [-0.4, -0.2) is 8.42 Å². The van der Waals surface area contributed by atoms with Crippen LogP contribution in [0.2, 0.25) is 5.02 Å². The normalized spacial score (nSPS) is 11.9. The summed E-state index contributed by atoms with van der Waals surface area (Å²) in [6, 6.07) is 0. The van der Waals surface area contributed by atoms with Crippen molar-refractivity contribution in [3.8, 4) is 0 Å². The second-order valence-electron chi connectivity index (χ2n) is 2.34. The lowest BCUT2D eigenvalue weighted by atomic mass is 10.3. The molecule has 1 heterocycles. The maximum atomic E-state index is 10.7. The highest BCUT2D eigenvalue weighted by molar-refractivity contribution is 8.13. The zero-order valence-electron chi connectivity index (χ0n) is 6.17. The minimum atomic E-state index is -3.49. The molecule has 12 heavy (non-hydrogen) atoms. The van der Waals surface area contributed by atoms with Crippen molar-refractivity contribution >= 4 is 42.7 Å². The van der Waals surface area contributed by atoms with Crippen LogP contribution in [0.5, 0.6) is 0 Å². The fourth-order valence-electron chi connectivity index (χ4n) is 0.737. The van der Waals surface area contributed by atoms with E-state index in [0.717, 1.165) is 5.56 Å². The Labute approximate surface area is 84.5 Å². The zero-order valence-corrected chi connectivity index (χ0v) is 9.32. The highest BCUT2D eigenvalue weighted by atomic mass is 35.7. The van der Waals surface area contributed by atoms with Crippen molar-refractivity contribution in [2.75, 3.05) is 0 Å². The lowest BCUT2D eigenvalue weighted by Gasteiger charge is -1.93. The summed E-state index contributed by atoms with van der Waals surface area (Å²) < 4.78 is 21.4. The van der Waals surface area contributed by atoms with Crippen molar-refractivity contribution in [1.29, 1.82) is 0 Å². The Kier molecular flexibility index (Phi) is 3.04. The van der Waals surface area contributed by atoms with Crippen molar-refractivity contribution in [3.63, 3.8) is 0 Å². The number of hydrogen-bond acceptors (Lipinski definition) is 3. The van der Waals surface area contributed by atoms with Crippen LogP contribution in [0.25, 0.3) is 0 Å². The molecule has 0 saturated heterocycles. The van der Waals surface area contributed by atoms with Gasteiger partial charge in [-0.2, -0.15) is 0 Å². The van der Waals surface area contributed by atoms with Gasteiger partial charge in [-0.15, -0.1) is 11.3 Å². The maximum absolute atomic E-state index is 10.7. The maximum Gasteiger partial charge on any atom is 0.237 e. The molecule has 1 rings (SSSR count). The molecule has 0 amide bonds. The second kappa shape index (κ2) is 3.54. The van der Waals surface area contributed by atoms with Gasteiger partial charge in [0.25, 0.3) is 0 Å². The first-order chi connectivity index (χ1) is 5.40. The summed E-state index contributed by atoms with van der Waals surface area (Å²) >= 11 is 7.11. The second-order valence-corrected chi connectivity index (χ2v) is 6.46. The van der Waals surface area contributed by atoms with Gasteiger partial charge in [0.15, 0.2) is 0 Å². The van der Waals surface area contributed by atoms with Crippen molar-refractivity contribution in [2.24, 2.45) is 0 Å². The molecule has 0 N–H and O–H groups in total. The third-order valence-corrected chi connectivity index (χ3v) is 4.16. The minimum Gasteiger partial charge on any atom is -0.212 e. The number of aryl methyl sites for hydroxylation is 1. The molecule has 0 atom stereocenters. The fourth-order valence-corrected chi connectivity index (χ4v) is 3.55. The number of hydrogen-bond donors (Lipinski definition) is 0. The molecule has 0 fully saturated rings. The van der Waals surface area contributed by atoms with E-state index < -0.39 is 9.05 Å². The Morgan fingerprint density at radius 3 is 2.50 bits per heavy atom. The quantitative estimate of drug-likeness (QED) is 0.751. The van der Waals surface area contributed by atoms with E-state index in [9.17, 15) is 8.42 Å². The zero-order chi connectivity index (χ0) is 9.35. The first kappa shape index (κ1) is 10.3. The first-order valence-corrected chi connectivity index (χ1v) is 6.78. The van der Waals surface area contributed by atoms with E-state index in [1.165, 1.54) is 11.3 Å². The topological polar surface area (TPSA) is 34.1 Å². The third-order valence-electron chi connectivity index (χ3n) is 1.27. The lowest BCUT2D eigenvalue weighted by molar-refractivity contribution is 0.609. The number of halogens is 2. The van der Waals surface area contributed by atoms with E-state index >= 15 is 0 Å². The molecule has 0 spiro atoms. The van der Waals surface area contributed by atoms with Gasteiger partial charge in [0.05, 0.1) is 5.02 Å². The molecule has 0 aliphatic rings. The van der Waals surface area contributed by atoms with Crippen LogP contribution in [0, 0.1) is 6.92 Å². The Bertz CT molecular complexity index is 380. The molecule has 1 aromatic rings. The van der Waals surface area contributed by atoms with Crippen LogP contribution in [-0.2, 0) is 14.8 Å². The summed E-state index contributed by atoms with van der Waals surface area (Å²) in [4.78, 5) is 0.601. The van der Waals surface area contributed by atoms with Crippen LogP contribution in [0.15, 0.2) is 5.38 Å². The van der Waals surface area contributed by atoms with Crippen molar-refractivity contribution < 1.29 is 8.42 Å². The first-order valence-electron chi connectivity index (χ1n) is 3.05. The monoisotopic (exact) mass is 244 g/mol. The van der Waals surface area contributed by atoms with E-state index in [1.54, 1.807) is 5.38 Å². The summed E-state index contributed by atoms with van der Waals surface area (Å²) in [5.74, 6) is -0.189. The molecule has 0 bridgehead atoms. The van der Waals surface area contributed by atoms with E-state index in [1.807, 2.05) is 6.92 Å². The predicted molar refractivity (Wildman–Crippen MR) is 52.5 cm³/mol. The Morgan fingerprint density at radius 1 is 1.58 bits per heavy atom. The van der Waals surface area contributed by atoms with Crippen LogP contribution in [0.3, 0.4) is 0 Å². The fraction of sp³-hybridized carbons (Fsp3) is 0.333. The average molecular weight is 245 g/mol. The molecule has 0 aliphatic carbocycles. The van der Waals surface area contributed by atoms with Crippen LogP contribution in [0.4, 0.5) is 0 Å². The molecule has 1 aromatic heterocycles. The van der Waals surface area contributed by atoms with Gasteiger partial charge in [-0.05, 0) is 17.9 Å². The Morgan fingerprint density at radius 2 is 2.17 bits per heavy atom. The number of rotatable bonds is 2. The van der Waals surface area contributed by atoms with Crippen LogP contribution in [0.1, 0.15) is 10.4 Å². The molecular weight excluding hydrogens is 239 g/mol. The van der Waals surface area contributed by atoms with Gasteiger partial charge in [0.1, 0.15) is 5.75 Å². The molecule has 6 heteroatoms. The van der Waals surface area contributed by atoms with E-state index in [-0.39, 0.29) is 5.75 Å². The minimum absolute atomic E-state index is 0.189. The van der Waals surface area contributed by atoms with Crippen molar-refractivity contribution in [1.82, 2.24) is 0 Å². The van der Waals surface area contributed by atoms with E-state index in [4.69, 9.17) is 22.3 Å². The molecule has 0 saturated carbocycles. The van der Waals surface area contributed by atoms with Gasteiger partial charge in [0, 0.05) is 15.6 Å². The largest absolute Gasteiger partial charge is 0.237 e. The van der Waals surface area contributed by atoms with E-state index in [0.29, 0.717) is 9.90 Å². The summed E-state index contributed by atoms with van der Waals surface area (Å²) in [5.41, 5.74) is 0.886. The molecule has 0 radical (unpaired) electrons. The molecule has 2 nitrogen and oxygen atoms in total. The van der Waals surface area contributed by atoms with Gasteiger partial charge in [-0.1, -0.05) is 11.6 Å². The highest BCUT2D eigenvalue weighted by Gasteiger charge is 2.13. The number of thiophene rings is 1. The average Bonchev–Trinajstić information content (AvgIpc) is 2.16. The molecule has 68 valence electrons. The Hall–Kier alpha value is 0.230. The van der Waals surface area contributed by atoms with Crippen molar-refractivity contribution in [3.05, 3.63) is 20.8 Å².